The van der Waals surface area contributed by atoms with Crippen LogP contribution in [0.2, 0.25) is 5.02 Å². The summed E-state index contributed by atoms with van der Waals surface area (Å²) < 4.78 is 11.4. The van der Waals surface area contributed by atoms with Gasteiger partial charge < -0.3 is 19.8 Å². The van der Waals surface area contributed by atoms with Gasteiger partial charge in [0.25, 0.3) is 5.91 Å². The van der Waals surface area contributed by atoms with E-state index in [0.29, 0.717) is 52.6 Å². The first kappa shape index (κ1) is 24.9. The summed E-state index contributed by atoms with van der Waals surface area (Å²) in [5.74, 6) is 1.91. The van der Waals surface area contributed by atoms with E-state index in [4.69, 9.17) is 21.1 Å². The van der Waals surface area contributed by atoms with Crippen molar-refractivity contribution in [3.8, 4) is 17.0 Å². The zero-order valence-electron chi connectivity index (χ0n) is 20.2. The normalized spacial score (nSPS) is 13.9. The lowest BCUT2D eigenvalue weighted by atomic mass is 9.97. The number of rotatable bonds is 9. The monoisotopic (exact) mass is 518 g/mol. The molecular formula is C27H27ClN6O3. The van der Waals surface area contributed by atoms with Crippen molar-refractivity contribution in [3.05, 3.63) is 83.2 Å². The largest absolute Gasteiger partial charge is 0.494 e. The van der Waals surface area contributed by atoms with Gasteiger partial charge in [0.05, 0.1) is 17.3 Å². The molecule has 0 saturated carbocycles. The number of nitrogens with one attached hydrogen (secondary N) is 2. The topological polar surface area (TPSA) is 115 Å². The van der Waals surface area contributed by atoms with Crippen molar-refractivity contribution in [2.45, 2.75) is 25.7 Å². The number of hydrogen-bond donors (Lipinski definition) is 2. The van der Waals surface area contributed by atoms with Crippen molar-refractivity contribution in [2.75, 3.05) is 25.1 Å². The number of hydrogen-bond acceptors (Lipinski definition) is 7. The number of ether oxygens (including phenoxy) is 2. The van der Waals surface area contributed by atoms with Crippen LogP contribution in [0.15, 0.2) is 60.9 Å². The predicted molar refractivity (Wildman–Crippen MR) is 140 cm³/mol. The van der Waals surface area contributed by atoms with E-state index in [-0.39, 0.29) is 5.82 Å². The Bertz CT molecular complexity index is 1340. The Morgan fingerprint density at radius 1 is 1.08 bits per heavy atom. The Morgan fingerprint density at radius 2 is 1.92 bits per heavy atom. The van der Waals surface area contributed by atoms with Crippen LogP contribution in [-0.2, 0) is 11.2 Å². The first-order valence-corrected chi connectivity index (χ1v) is 12.6. The number of H-pyrrole nitrogens is 1. The number of carbonyl (C=O) groups is 1. The summed E-state index contributed by atoms with van der Waals surface area (Å²) in [6.45, 7) is 2.28. The molecule has 4 aromatic rings. The predicted octanol–water partition coefficient (Wildman–Crippen LogP) is 4.95. The molecule has 2 aromatic carbocycles. The number of aromatic amines is 1. The van der Waals surface area contributed by atoms with Crippen LogP contribution in [0, 0.1) is 5.92 Å². The maximum absolute atomic E-state index is 12.7. The van der Waals surface area contributed by atoms with Crippen molar-refractivity contribution in [1.29, 1.82) is 0 Å². The highest BCUT2D eigenvalue weighted by Crippen LogP contribution is 2.31. The molecule has 0 aliphatic carbocycles. The highest BCUT2D eigenvalue weighted by atomic mass is 35.5. The van der Waals surface area contributed by atoms with Gasteiger partial charge in [0.2, 0.25) is 5.82 Å². The minimum Gasteiger partial charge on any atom is -0.494 e. The van der Waals surface area contributed by atoms with Crippen LogP contribution in [0.25, 0.3) is 11.3 Å². The molecular weight excluding hydrogens is 492 g/mol. The number of halogens is 1. The summed E-state index contributed by atoms with van der Waals surface area (Å²) in [6.07, 6.45) is 5.06. The maximum atomic E-state index is 12.7. The van der Waals surface area contributed by atoms with Gasteiger partial charge in [-0.15, -0.1) is 10.2 Å². The molecule has 0 radical (unpaired) electrons. The standard InChI is InChI=1S/C27H27ClN6O3/c28-22-7-6-20(37-13-10-18-8-11-36-12-9-18)15-21(22)23-16-24(30-17-29-23)32-27(35)26-31-25(33-34-26)14-19-4-2-1-3-5-19/h1-7,15-18H,8-14H2,(H,31,33,34)(H,29,30,32,35). The maximum Gasteiger partial charge on any atom is 0.294 e. The molecule has 0 spiro atoms. The van der Waals surface area contributed by atoms with Gasteiger partial charge in [-0.2, -0.15) is 0 Å². The molecule has 1 aliphatic rings. The van der Waals surface area contributed by atoms with Crippen LogP contribution in [0.5, 0.6) is 5.75 Å². The number of carbonyl (C=O) groups excluding carboxylic acids is 1. The quantitative estimate of drug-likeness (QED) is 0.322. The second kappa shape index (κ2) is 11.9. The van der Waals surface area contributed by atoms with E-state index in [1.54, 1.807) is 12.1 Å². The zero-order chi connectivity index (χ0) is 25.5. The van der Waals surface area contributed by atoms with E-state index in [0.717, 1.165) is 38.0 Å². The minimum atomic E-state index is -0.451. The molecule has 0 unspecified atom stereocenters. The number of amides is 1. The zero-order valence-corrected chi connectivity index (χ0v) is 20.9. The average Bonchev–Trinajstić information content (AvgIpc) is 3.40. The van der Waals surface area contributed by atoms with Crippen LogP contribution < -0.4 is 10.1 Å². The first-order chi connectivity index (χ1) is 18.1. The molecule has 37 heavy (non-hydrogen) atoms. The molecule has 1 amide bonds. The molecule has 0 atom stereocenters. The minimum absolute atomic E-state index is 0.101. The Labute approximate surface area is 219 Å². The lowest BCUT2D eigenvalue weighted by Gasteiger charge is -2.21. The smallest absolute Gasteiger partial charge is 0.294 e. The summed E-state index contributed by atoms with van der Waals surface area (Å²) in [7, 11) is 0. The number of anilines is 1. The van der Waals surface area contributed by atoms with E-state index in [1.165, 1.54) is 6.33 Å². The Morgan fingerprint density at radius 3 is 2.76 bits per heavy atom. The average molecular weight is 519 g/mol. The summed E-state index contributed by atoms with van der Waals surface area (Å²) in [6, 6.07) is 17.0. The molecule has 10 heteroatoms. The summed E-state index contributed by atoms with van der Waals surface area (Å²) in [5, 5.41) is 11.3. The highest BCUT2D eigenvalue weighted by molar-refractivity contribution is 6.33. The van der Waals surface area contributed by atoms with Gasteiger partial charge in [-0.25, -0.2) is 9.97 Å². The Kier molecular flexibility index (Phi) is 8.02. The second-order valence-corrected chi connectivity index (χ2v) is 9.27. The van der Waals surface area contributed by atoms with Gasteiger partial charge in [-0.05, 0) is 48.9 Å². The van der Waals surface area contributed by atoms with Gasteiger partial charge in [0, 0.05) is 31.3 Å². The molecule has 1 aliphatic heterocycles. The fourth-order valence-electron chi connectivity index (χ4n) is 4.19. The van der Waals surface area contributed by atoms with Gasteiger partial charge in [-0.3, -0.25) is 4.79 Å². The van der Waals surface area contributed by atoms with Crippen LogP contribution in [0.3, 0.4) is 0 Å². The van der Waals surface area contributed by atoms with E-state index in [1.807, 2.05) is 42.5 Å². The molecule has 5 rings (SSSR count). The molecule has 2 N–H and O–H groups in total. The summed E-state index contributed by atoms with van der Waals surface area (Å²) in [4.78, 5) is 24.2. The molecule has 1 fully saturated rings. The second-order valence-electron chi connectivity index (χ2n) is 8.86. The third-order valence-electron chi connectivity index (χ3n) is 6.22. The van der Waals surface area contributed by atoms with Crippen LogP contribution >= 0.6 is 11.6 Å². The fourth-order valence-corrected chi connectivity index (χ4v) is 4.40. The van der Waals surface area contributed by atoms with Crippen molar-refractivity contribution in [3.63, 3.8) is 0 Å². The molecule has 190 valence electrons. The van der Waals surface area contributed by atoms with E-state index < -0.39 is 5.91 Å². The first-order valence-electron chi connectivity index (χ1n) is 12.2. The third kappa shape index (κ3) is 6.69. The van der Waals surface area contributed by atoms with Gasteiger partial charge >= 0.3 is 0 Å². The van der Waals surface area contributed by atoms with Gasteiger partial charge in [0.1, 0.15) is 23.7 Å². The molecule has 2 aromatic heterocycles. The fraction of sp³-hybridized carbons (Fsp3) is 0.296. The van der Waals surface area contributed by atoms with Gasteiger partial charge in [0.15, 0.2) is 0 Å². The lowest BCUT2D eigenvalue weighted by molar-refractivity contribution is 0.0593. The highest BCUT2D eigenvalue weighted by Gasteiger charge is 2.16. The SMILES string of the molecule is O=C(Nc1cc(-c2cc(OCCC3CCOCC3)ccc2Cl)ncn1)c1nnc(Cc2ccccc2)[nH]1. The van der Waals surface area contributed by atoms with Crippen LogP contribution in [0.4, 0.5) is 5.82 Å². The third-order valence-corrected chi connectivity index (χ3v) is 6.55. The van der Waals surface area contributed by atoms with Crippen molar-refractivity contribution < 1.29 is 14.3 Å². The summed E-state index contributed by atoms with van der Waals surface area (Å²) >= 11 is 6.47. The molecule has 1 saturated heterocycles. The number of nitrogens with zero attached hydrogens (tertiary/aromatic N) is 4. The van der Waals surface area contributed by atoms with Crippen molar-refractivity contribution in [1.82, 2.24) is 25.1 Å². The van der Waals surface area contributed by atoms with E-state index in [9.17, 15) is 4.79 Å². The van der Waals surface area contributed by atoms with Crippen molar-refractivity contribution >= 4 is 23.3 Å². The lowest BCUT2D eigenvalue weighted by Crippen LogP contribution is -2.17. The number of benzene rings is 2. The van der Waals surface area contributed by atoms with E-state index >= 15 is 0 Å². The summed E-state index contributed by atoms with van der Waals surface area (Å²) in [5.41, 5.74) is 2.32. The molecule has 0 bridgehead atoms. The van der Waals surface area contributed by atoms with Crippen LogP contribution in [-0.4, -0.2) is 50.9 Å². The molecule has 3 heterocycles. The number of aromatic nitrogens is 5. The van der Waals surface area contributed by atoms with Gasteiger partial charge in [-0.1, -0.05) is 41.9 Å². The van der Waals surface area contributed by atoms with E-state index in [2.05, 4.69) is 30.5 Å². The van der Waals surface area contributed by atoms with Crippen LogP contribution in [0.1, 0.15) is 41.3 Å². The molecule has 9 nitrogen and oxygen atoms in total. The Hall–Kier alpha value is -3.82. The Balaban J connectivity index is 1.23. The van der Waals surface area contributed by atoms with Crippen molar-refractivity contribution in [2.24, 2.45) is 5.92 Å².